The third-order valence-corrected chi connectivity index (χ3v) is 4.06. The van der Waals surface area contributed by atoms with Crippen LogP contribution >= 0.6 is 0 Å². The molecule has 2 N–H and O–H groups in total. The molecule has 106 valence electrons. The summed E-state index contributed by atoms with van der Waals surface area (Å²) in [6, 6.07) is 0. The van der Waals surface area contributed by atoms with E-state index in [1.165, 1.54) is 11.2 Å². The Morgan fingerprint density at radius 2 is 1.83 bits per heavy atom. The van der Waals surface area contributed by atoms with Crippen LogP contribution in [0.15, 0.2) is 0 Å². The van der Waals surface area contributed by atoms with Crippen LogP contribution in [0.25, 0.3) is 0 Å². The third-order valence-electron chi connectivity index (χ3n) is 2.51. The van der Waals surface area contributed by atoms with E-state index in [-0.39, 0.29) is 31.2 Å². The molecule has 1 aliphatic heterocycles. The number of amides is 1. The van der Waals surface area contributed by atoms with Gasteiger partial charge in [0.1, 0.15) is 0 Å². The van der Waals surface area contributed by atoms with Crippen molar-refractivity contribution in [2.24, 2.45) is 0 Å². The molecule has 2 atom stereocenters. The lowest BCUT2D eigenvalue weighted by atomic mass is 10.3. The van der Waals surface area contributed by atoms with Gasteiger partial charge in [0.15, 0.2) is 0 Å². The zero-order valence-electron chi connectivity index (χ0n) is 11.0. The fourth-order valence-corrected chi connectivity index (χ4v) is 3.19. The Labute approximate surface area is 108 Å². The van der Waals surface area contributed by atoms with Crippen LogP contribution < -0.4 is 10.0 Å². The predicted octanol–water partition coefficient (Wildman–Crippen LogP) is -0.934. The smallest absolute Gasteiger partial charge is 0.279 e. The number of morpholine rings is 1. The van der Waals surface area contributed by atoms with Gasteiger partial charge in [-0.1, -0.05) is 0 Å². The van der Waals surface area contributed by atoms with E-state index in [0.717, 1.165) is 0 Å². The van der Waals surface area contributed by atoms with E-state index in [2.05, 4.69) is 10.0 Å². The normalized spacial score (nSPS) is 25.9. The molecule has 0 aromatic carbocycles. The van der Waals surface area contributed by atoms with Crippen molar-refractivity contribution in [2.75, 3.05) is 26.2 Å². The summed E-state index contributed by atoms with van der Waals surface area (Å²) < 4.78 is 33.2. The van der Waals surface area contributed by atoms with Crippen LogP contribution in [0, 0.1) is 0 Å². The topological polar surface area (TPSA) is 87.7 Å². The molecular weight excluding hydrogens is 258 g/mol. The van der Waals surface area contributed by atoms with Crippen LogP contribution in [0.2, 0.25) is 0 Å². The maximum absolute atomic E-state index is 12.0. The van der Waals surface area contributed by atoms with Crippen molar-refractivity contribution in [1.82, 2.24) is 14.3 Å². The maximum atomic E-state index is 12.0. The van der Waals surface area contributed by atoms with E-state index in [1.807, 2.05) is 13.8 Å². The van der Waals surface area contributed by atoms with Gasteiger partial charge in [-0.25, -0.2) is 4.72 Å². The molecule has 1 heterocycles. The second-order valence-electron chi connectivity index (χ2n) is 4.46. The summed E-state index contributed by atoms with van der Waals surface area (Å²) in [5, 5.41) is 2.53. The minimum absolute atomic E-state index is 0.110. The van der Waals surface area contributed by atoms with Crippen LogP contribution in [-0.4, -0.2) is 57.0 Å². The first-order valence-electron chi connectivity index (χ1n) is 5.96. The number of hydrogen-bond acceptors (Lipinski definition) is 4. The van der Waals surface area contributed by atoms with Crippen molar-refractivity contribution in [3.05, 3.63) is 0 Å². The highest BCUT2D eigenvalue weighted by atomic mass is 32.2. The maximum Gasteiger partial charge on any atom is 0.279 e. The summed E-state index contributed by atoms with van der Waals surface area (Å²) >= 11 is 0. The molecular formula is C10H21N3O4S. The van der Waals surface area contributed by atoms with Crippen molar-refractivity contribution in [3.8, 4) is 0 Å². The average molecular weight is 279 g/mol. The average Bonchev–Trinajstić information content (AvgIpc) is 2.23. The number of nitrogens with zero attached hydrogens (tertiary/aromatic N) is 1. The van der Waals surface area contributed by atoms with Gasteiger partial charge in [-0.15, -0.1) is 0 Å². The molecule has 0 radical (unpaired) electrons. The van der Waals surface area contributed by atoms with Gasteiger partial charge in [0, 0.05) is 33.1 Å². The molecule has 8 heteroatoms. The Kier molecular flexibility index (Phi) is 5.51. The van der Waals surface area contributed by atoms with Gasteiger partial charge in [0.2, 0.25) is 5.91 Å². The molecule has 0 aliphatic carbocycles. The number of hydrogen-bond donors (Lipinski definition) is 2. The first kappa shape index (κ1) is 15.4. The SMILES string of the molecule is CC(=O)NCCNS(=O)(=O)N1C[C@@H](C)O[C@@H](C)C1. The highest BCUT2D eigenvalue weighted by molar-refractivity contribution is 7.87. The molecule has 1 rings (SSSR count). The van der Waals surface area contributed by atoms with Crippen LogP contribution in [0.4, 0.5) is 0 Å². The minimum atomic E-state index is -3.50. The first-order valence-corrected chi connectivity index (χ1v) is 7.40. The molecule has 1 saturated heterocycles. The van der Waals surface area contributed by atoms with E-state index < -0.39 is 10.2 Å². The Morgan fingerprint density at radius 3 is 2.33 bits per heavy atom. The lowest BCUT2D eigenvalue weighted by molar-refractivity contribution is -0.118. The molecule has 0 saturated carbocycles. The minimum Gasteiger partial charge on any atom is -0.373 e. The number of carbonyl (C=O) groups is 1. The van der Waals surface area contributed by atoms with Gasteiger partial charge >= 0.3 is 0 Å². The molecule has 0 bridgehead atoms. The van der Waals surface area contributed by atoms with Crippen molar-refractivity contribution in [2.45, 2.75) is 33.0 Å². The molecule has 1 fully saturated rings. The van der Waals surface area contributed by atoms with Gasteiger partial charge in [0.25, 0.3) is 10.2 Å². The zero-order chi connectivity index (χ0) is 13.8. The highest BCUT2D eigenvalue weighted by Crippen LogP contribution is 2.13. The van der Waals surface area contributed by atoms with Crippen LogP contribution in [0.3, 0.4) is 0 Å². The highest BCUT2D eigenvalue weighted by Gasteiger charge is 2.30. The summed E-state index contributed by atoms with van der Waals surface area (Å²) in [6.45, 7) is 6.23. The van der Waals surface area contributed by atoms with Crippen molar-refractivity contribution < 1.29 is 17.9 Å². The van der Waals surface area contributed by atoms with Crippen molar-refractivity contribution >= 4 is 16.1 Å². The molecule has 0 unspecified atom stereocenters. The van der Waals surface area contributed by atoms with Crippen LogP contribution in [-0.2, 0) is 19.7 Å². The van der Waals surface area contributed by atoms with Crippen LogP contribution in [0.1, 0.15) is 20.8 Å². The fourth-order valence-electron chi connectivity index (χ4n) is 1.84. The second kappa shape index (κ2) is 6.46. The van der Waals surface area contributed by atoms with E-state index >= 15 is 0 Å². The van der Waals surface area contributed by atoms with Gasteiger partial charge in [-0.2, -0.15) is 12.7 Å². The predicted molar refractivity (Wildman–Crippen MR) is 67.2 cm³/mol. The van der Waals surface area contributed by atoms with Crippen molar-refractivity contribution in [1.29, 1.82) is 0 Å². The monoisotopic (exact) mass is 279 g/mol. The fraction of sp³-hybridized carbons (Fsp3) is 0.900. The molecule has 0 aromatic rings. The number of ether oxygens (including phenoxy) is 1. The first-order chi connectivity index (χ1) is 8.31. The number of nitrogens with one attached hydrogen (secondary N) is 2. The summed E-state index contributed by atoms with van der Waals surface area (Å²) in [7, 11) is -3.50. The largest absolute Gasteiger partial charge is 0.373 e. The second-order valence-corrected chi connectivity index (χ2v) is 6.21. The zero-order valence-corrected chi connectivity index (χ0v) is 11.8. The summed E-state index contributed by atoms with van der Waals surface area (Å²) in [5.41, 5.74) is 0. The van der Waals surface area contributed by atoms with Crippen LogP contribution in [0.5, 0.6) is 0 Å². The Morgan fingerprint density at radius 1 is 1.28 bits per heavy atom. The van der Waals surface area contributed by atoms with Gasteiger partial charge < -0.3 is 10.1 Å². The van der Waals surface area contributed by atoms with E-state index in [1.54, 1.807) is 0 Å². The Bertz CT molecular complexity index is 375. The quantitative estimate of drug-likeness (QED) is 0.636. The molecule has 0 spiro atoms. The Hall–Kier alpha value is -0.700. The third kappa shape index (κ3) is 4.89. The van der Waals surface area contributed by atoms with Gasteiger partial charge in [0.05, 0.1) is 12.2 Å². The van der Waals surface area contributed by atoms with Gasteiger partial charge in [-0.05, 0) is 13.8 Å². The van der Waals surface area contributed by atoms with E-state index in [9.17, 15) is 13.2 Å². The number of carbonyl (C=O) groups excluding carboxylic acids is 1. The lowest BCUT2D eigenvalue weighted by Gasteiger charge is -2.34. The summed E-state index contributed by atoms with van der Waals surface area (Å²) in [4.78, 5) is 10.6. The lowest BCUT2D eigenvalue weighted by Crippen LogP contribution is -2.52. The standard InChI is InChI=1S/C10H21N3O4S/c1-8-6-13(7-9(2)17-8)18(15,16)12-5-4-11-10(3)14/h8-9,12H,4-7H2,1-3H3,(H,11,14)/t8-,9+. The molecule has 18 heavy (non-hydrogen) atoms. The van der Waals surface area contributed by atoms with E-state index in [0.29, 0.717) is 13.1 Å². The number of rotatable bonds is 5. The molecule has 0 aromatic heterocycles. The van der Waals surface area contributed by atoms with E-state index in [4.69, 9.17) is 4.74 Å². The molecule has 7 nitrogen and oxygen atoms in total. The summed E-state index contributed by atoms with van der Waals surface area (Å²) in [6.07, 6.45) is -0.221. The molecule has 1 amide bonds. The van der Waals surface area contributed by atoms with Gasteiger partial charge in [-0.3, -0.25) is 4.79 Å². The Balaban J connectivity index is 2.45. The summed E-state index contributed by atoms with van der Waals surface area (Å²) in [5.74, 6) is -0.178. The molecule has 1 aliphatic rings. The van der Waals surface area contributed by atoms with Crippen molar-refractivity contribution in [3.63, 3.8) is 0 Å².